The van der Waals surface area contributed by atoms with E-state index in [2.05, 4.69) is 66.5 Å². The maximum Gasteiger partial charge on any atom is 0.159 e. The molecule has 0 aliphatic rings. The van der Waals surface area contributed by atoms with Gasteiger partial charge in [0.25, 0.3) is 0 Å². The predicted octanol–water partition coefficient (Wildman–Crippen LogP) is 4.70. The predicted molar refractivity (Wildman–Crippen MR) is 131 cm³/mol. The molecule has 6 nitrogen and oxygen atoms in total. The van der Waals surface area contributed by atoms with Crippen LogP contribution in [-0.2, 0) is 6.54 Å². The molecule has 0 radical (unpaired) electrons. The molecule has 2 aromatic carbocycles. The fourth-order valence-electron chi connectivity index (χ4n) is 3.95. The van der Waals surface area contributed by atoms with Crippen LogP contribution in [0.5, 0.6) is 5.75 Å². The molecule has 0 fully saturated rings. The van der Waals surface area contributed by atoms with Gasteiger partial charge in [-0.1, -0.05) is 30.3 Å². The molecule has 0 saturated carbocycles. The quantitative estimate of drug-likeness (QED) is 0.425. The Morgan fingerprint density at radius 2 is 1.84 bits per heavy atom. The van der Waals surface area contributed by atoms with Gasteiger partial charge >= 0.3 is 0 Å². The van der Waals surface area contributed by atoms with Crippen molar-refractivity contribution in [2.45, 2.75) is 26.4 Å². The third-order valence-electron chi connectivity index (χ3n) is 5.65. The molecule has 6 heteroatoms. The number of benzene rings is 2. The van der Waals surface area contributed by atoms with Gasteiger partial charge in [0, 0.05) is 36.6 Å². The summed E-state index contributed by atoms with van der Waals surface area (Å²) in [5.74, 6) is 0.257. The van der Waals surface area contributed by atoms with E-state index in [1.54, 1.807) is 12.1 Å². The topological polar surface area (TPSA) is 66.2 Å². The monoisotopic (exact) mass is 429 g/mol. The maximum atomic E-state index is 9.75. The van der Waals surface area contributed by atoms with Crippen molar-refractivity contribution in [1.82, 2.24) is 25.0 Å². The highest BCUT2D eigenvalue weighted by Crippen LogP contribution is 2.33. The number of fused-ring (bicyclic) bond motifs is 1. The van der Waals surface area contributed by atoms with E-state index < -0.39 is 0 Å². The smallest absolute Gasteiger partial charge is 0.159 e. The number of aromatic nitrogens is 3. The number of likely N-dealkylation sites (N-methyl/N-ethyl adjacent to an activating group) is 2. The SMILES string of the molecule is CNCCN(C)Cc1cccc(-c2cc(-c3ccc(O)cc3)c3cnn(C(C)C)c3n2)c1. The van der Waals surface area contributed by atoms with E-state index in [9.17, 15) is 5.11 Å². The first-order valence-corrected chi connectivity index (χ1v) is 11.1. The highest BCUT2D eigenvalue weighted by molar-refractivity contribution is 5.95. The van der Waals surface area contributed by atoms with Crippen LogP contribution < -0.4 is 5.32 Å². The van der Waals surface area contributed by atoms with Crippen molar-refractivity contribution in [3.05, 3.63) is 66.4 Å². The standard InChI is InChI=1S/C26H31N5O/c1-18(2)31-26-24(16-28-31)23(20-8-10-22(32)11-9-20)15-25(29-26)21-7-5-6-19(14-21)17-30(4)13-12-27-3/h5-11,14-16,18,27,32H,12-13,17H2,1-4H3. The molecule has 2 aromatic heterocycles. The molecule has 2 N–H and O–H groups in total. The zero-order chi connectivity index (χ0) is 22.7. The summed E-state index contributed by atoms with van der Waals surface area (Å²) in [7, 11) is 4.11. The molecule has 4 rings (SSSR count). The fraction of sp³-hybridized carbons (Fsp3) is 0.308. The Hall–Kier alpha value is -3.22. The average molecular weight is 430 g/mol. The summed E-state index contributed by atoms with van der Waals surface area (Å²) in [4.78, 5) is 7.34. The molecule has 0 amide bonds. The normalized spacial score (nSPS) is 11.7. The number of nitrogens with zero attached hydrogens (tertiary/aromatic N) is 4. The Bertz CT molecular complexity index is 1200. The zero-order valence-corrected chi connectivity index (χ0v) is 19.2. The highest BCUT2D eigenvalue weighted by atomic mass is 16.3. The summed E-state index contributed by atoms with van der Waals surface area (Å²) in [5, 5.41) is 18.6. The Morgan fingerprint density at radius 3 is 2.56 bits per heavy atom. The first-order chi connectivity index (χ1) is 15.5. The van der Waals surface area contributed by atoms with E-state index in [1.165, 1.54) is 5.56 Å². The summed E-state index contributed by atoms with van der Waals surface area (Å²) in [6, 6.07) is 18.2. The van der Waals surface area contributed by atoms with E-state index in [0.29, 0.717) is 0 Å². The summed E-state index contributed by atoms with van der Waals surface area (Å²) in [6.07, 6.45) is 1.89. The maximum absolute atomic E-state index is 9.75. The van der Waals surface area contributed by atoms with Crippen LogP contribution in [0.25, 0.3) is 33.4 Å². The lowest BCUT2D eigenvalue weighted by molar-refractivity contribution is 0.328. The van der Waals surface area contributed by atoms with Crippen molar-refractivity contribution < 1.29 is 5.11 Å². The van der Waals surface area contributed by atoms with Gasteiger partial charge in [-0.2, -0.15) is 5.10 Å². The van der Waals surface area contributed by atoms with E-state index in [0.717, 1.165) is 53.1 Å². The van der Waals surface area contributed by atoms with Crippen LogP contribution in [0.4, 0.5) is 0 Å². The number of phenols is 1. The lowest BCUT2D eigenvalue weighted by atomic mass is 9.99. The van der Waals surface area contributed by atoms with Crippen molar-refractivity contribution in [3.63, 3.8) is 0 Å². The van der Waals surface area contributed by atoms with Crippen molar-refractivity contribution in [1.29, 1.82) is 0 Å². The number of pyridine rings is 1. The molecule has 4 aromatic rings. The van der Waals surface area contributed by atoms with E-state index in [-0.39, 0.29) is 11.8 Å². The molecule has 0 aliphatic carbocycles. The molecule has 0 saturated heterocycles. The summed E-state index contributed by atoms with van der Waals surface area (Å²) >= 11 is 0. The second-order valence-corrected chi connectivity index (χ2v) is 8.56. The fourth-order valence-corrected chi connectivity index (χ4v) is 3.95. The second-order valence-electron chi connectivity index (χ2n) is 8.56. The highest BCUT2D eigenvalue weighted by Gasteiger charge is 2.16. The van der Waals surface area contributed by atoms with E-state index in [1.807, 2.05) is 30.1 Å². The summed E-state index contributed by atoms with van der Waals surface area (Å²) in [5.41, 5.74) is 6.23. The molecule has 0 spiro atoms. The lowest BCUT2D eigenvalue weighted by Crippen LogP contribution is -2.26. The van der Waals surface area contributed by atoms with Gasteiger partial charge in [-0.15, -0.1) is 0 Å². The minimum atomic E-state index is 0.204. The van der Waals surface area contributed by atoms with Gasteiger partial charge in [-0.25, -0.2) is 9.67 Å². The third kappa shape index (κ3) is 4.66. The van der Waals surface area contributed by atoms with Gasteiger partial charge in [-0.3, -0.25) is 0 Å². The molecule has 0 unspecified atom stereocenters. The van der Waals surface area contributed by atoms with Crippen LogP contribution in [-0.4, -0.2) is 52.0 Å². The van der Waals surface area contributed by atoms with Crippen LogP contribution in [0, 0.1) is 0 Å². The number of hydrogen-bond acceptors (Lipinski definition) is 5. The van der Waals surface area contributed by atoms with Crippen molar-refractivity contribution in [3.8, 4) is 28.1 Å². The average Bonchev–Trinajstić information content (AvgIpc) is 3.22. The van der Waals surface area contributed by atoms with Gasteiger partial charge in [-0.05, 0) is 68.9 Å². The van der Waals surface area contributed by atoms with Gasteiger partial charge in [0.15, 0.2) is 5.65 Å². The van der Waals surface area contributed by atoms with Crippen molar-refractivity contribution in [2.24, 2.45) is 0 Å². The Morgan fingerprint density at radius 1 is 1.06 bits per heavy atom. The number of hydrogen-bond donors (Lipinski definition) is 2. The molecule has 0 aliphatic heterocycles. The van der Waals surface area contributed by atoms with Gasteiger partial charge in [0.1, 0.15) is 5.75 Å². The second kappa shape index (κ2) is 9.51. The lowest BCUT2D eigenvalue weighted by Gasteiger charge is -2.17. The minimum Gasteiger partial charge on any atom is -0.508 e. The van der Waals surface area contributed by atoms with Crippen molar-refractivity contribution in [2.75, 3.05) is 27.2 Å². The van der Waals surface area contributed by atoms with Crippen LogP contribution >= 0.6 is 0 Å². The Balaban J connectivity index is 1.80. The molecular formula is C26H31N5O. The summed E-state index contributed by atoms with van der Waals surface area (Å²) < 4.78 is 1.97. The molecule has 166 valence electrons. The zero-order valence-electron chi connectivity index (χ0n) is 19.2. The van der Waals surface area contributed by atoms with Crippen LogP contribution in [0.3, 0.4) is 0 Å². The molecule has 0 bridgehead atoms. The van der Waals surface area contributed by atoms with Gasteiger partial charge in [0.2, 0.25) is 0 Å². The number of phenolic OH excluding ortho intramolecular Hbond substituents is 1. The van der Waals surface area contributed by atoms with Crippen LogP contribution in [0.1, 0.15) is 25.5 Å². The Labute approximate surface area is 189 Å². The van der Waals surface area contributed by atoms with Gasteiger partial charge < -0.3 is 15.3 Å². The largest absolute Gasteiger partial charge is 0.508 e. The number of rotatable bonds is 8. The first-order valence-electron chi connectivity index (χ1n) is 11.1. The van der Waals surface area contributed by atoms with Crippen LogP contribution in [0.2, 0.25) is 0 Å². The molecule has 32 heavy (non-hydrogen) atoms. The molecule has 0 atom stereocenters. The van der Waals surface area contributed by atoms with Crippen molar-refractivity contribution >= 4 is 11.0 Å². The van der Waals surface area contributed by atoms with Crippen LogP contribution in [0.15, 0.2) is 60.8 Å². The molecule has 2 heterocycles. The Kier molecular flexibility index (Phi) is 6.53. The first kappa shape index (κ1) is 22.0. The number of aromatic hydroxyl groups is 1. The van der Waals surface area contributed by atoms with E-state index >= 15 is 0 Å². The number of nitrogens with one attached hydrogen (secondary N) is 1. The van der Waals surface area contributed by atoms with E-state index in [4.69, 9.17) is 4.98 Å². The minimum absolute atomic E-state index is 0.204. The van der Waals surface area contributed by atoms with Gasteiger partial charge in [0.05, 0.1) is 11.9 Å². The summed E-state index contributed by atoms with van der Waals surface area (Å²) in [6.45, 7) is 7.06. The molecular weight excluding hydrogens is 398 g/mol. The third-order valence-corrected chi connectivity index (χ3v) is 5.65.